The first-order chi connectivity index (χ1) is 8.99. The molecule has 0 radical (unpaired) electrons. The first-order valence-electron chi connectivity index (χ1n) is 6.06. The summed E-state index contributed by atoms with van der Waals surface area (Å²) in [6, 6.07) is 6.13. The molecule has 1 aromatic rings. The van der Waals surface area contributed by atoms with E-state index < -0.39 is 16.2 Å². The maximum Gasteiger partial charge on any atom is 0.335 e. The van der Waals surface area contributed by atoms with E-state index in [1.54, 1.807) is 12.1 Å². The second-order valence-electron chi connectivity index (χ2n) is 4.43. The van der Waals surface area contributed by atoms with Crippen LogP contribution >= 0.6 is 0 Å². The first kappa shape index (κ1) is 14.0. The molecule has 2 rings (SSSR count). The summed E-state index contributed by atoms with van der Waals surface area (Å²) in [6.45, 7) is 1.29. The number of hydrogen-bond donors (Lipinski definition) is 2. The van der Waals surface area contributed by atoms with Crippen LogP contribution in [0.4, 0.5) is 0 Å². The predicted molar refractivity (Wildman–Crippen MR) is 70.0 cm³/mol. The van der Waals surface area contributed by atoms with E-state index in [4.69, 9.17) is 5.11 Å². The molecule has 1 heterocycles. The molecule has 6 nitrogen and oxygen atoms in total. The lowest BCUT2D eigenvalue weighted by atomic mass is 10.1. The van der Waals surface area contributed by atoms with E-state index in [2.05, 4.69) is 4.72 Å². The van der Waals surface area contributed by atoms with Crippen molar-refractivity contribution in [3.05, 3.63) is 35.4 Å². The largest absolute Gasteiger partial charge is 0.478 e. The van der Waals surface area contributed by atoms with Crippen LogP contribution in [-0.2, 0) is 16.8 Å². The Bertz CT molecular complexity index is 548. The van der Waals surface area contributed by atoms with Crippen LogP contribution in [0, 0.1) is 0 Å². The topological polar surface area (TPSA) is 86.7 Å². The van der Waals surface area contributed by atoms with E-state index in [-0.39, 0.29) is 12.1 Å². The van der Waals surface area contributed by atoms with Gasteiger partial charge in [0.05, 0.1) is 5.56 Å². The van der Waals surface area contributed by atoms with Crippen molar-refractivity contribution < 1.29 is 18.3 Å². The van der Waals surface area contributed by atoms with Crippen LogP contribution < -0.4 is 4.72 Å². The molecule has 7 heteroatoms. The molecule has 0 atom stereocenters. The third kappa shape index (κ3) is 3.52. The van der Waals surface area contributed by atoms with Gasteiger partial charge in [-0.15, -0.1) is 0 Å². The molecular formula is C12H16N2O4S. The van der Waals surface area contributed by atoms with Crippen LogP contribution in [0.5, 0.6) is 0 Å². The summed E-state index contributed by atoms with van der Waals surface area (Å²) in [5.74, 6) is -0.996. The second-order valence-corrected chi connectivity index (χ2v) is 6.19. The van der Waals surface area contributed by atoms with Crippen molar-refractivity contribution in [2.45, 2.75) is 19.4 Å². The molecule has 1 aliphatic rings. The van der Waals surface area contributed by atoms with Gasteiger partial charge in [0.1, 0.15) is 0 Å². The van der Waals surface area contributed by atoms with Crippen LogP contribution in [0.15, 0.2) is 24.3 Å². The molecule has 0 bridgehead atoms. The van der Waals surface area contributed by atoms with Gasteiger partial charge in [-0.1, -0.05) is 12.1 Å². The molecule has 1 aromatic carbocycles. The first-order valence-corrected chi connectivity index (χ1v) is 7.50. The average molecular weight is 284 g/mol. The minimum atomic E-state index is -3.42. The van der Waals surface area contributed by atoms with Crippen LogP contribution in [0.25, 0.3) is 0 Å². The second kappa shape index (κ2) is 5.68. The number of aromatic carboxylic acids is 1. The van der Waals surface area contributed by atoms with Gasteiger partial charge in [-0.2, -0.15) is 17.4 Å². The van der Waals surface area contributed by atoms with E-state index in [1.807, 2.05) is 0 Å². The number of hydrogen-bond acceptors (Lipinski definition) is 3. The van der Waals surface area contributed by atoms with Crippen LogP contribution in [0.1, 0.15) is 28.8 Å². The van der Waals surface area contributed by atoms with Gasteiger partial charge in [-0.25, -0.2) is 4.79 Å². The molecule has 0 aliphatic carbocycles. The van der Waals surface area contributed by atoms with Gasteiger partial charge >= 0.3 is 5.97 Å². The Kier molecular flexibility index (Phi) is 4.18. The van der Waals surface area contributed by atoms with Crippen molar-refractivity contribution in [2.24, 2.45) is 0 Å². The summed E-state index contributed by atoms with van der Waals surface area (Å²) in [5, 5.41) is 8.76. The lowest BCUT2D eigenvalue weighted by molar-refractivity contribution is 0.0697. The molecule has 0 aromatic heterocycles. The predicted octanol–water partition coefficient (Wildman–Crippen LogP) is 0.815. The highest BCUT2D eigenvalue weighted by Gasteiger charge is 2.24. The minimum absolute atomic E-state index is 0.165. The average Bonchev–Trinajstić information content (AvgIpc) is 2.91. The van der Waals surface area contributed by atoms with Crippen molar-refractivity contribution in [1.82, 2.24) is 9.03 Å². The lowest BCUT2D eigenvalue weighted by Gasteiger charge is -2.16. The number of nitrogens with zero attached hydrogens (tertiary/aromatic N) is 1. The molecule has 19 heavy (non-hydrogen) atoms. The molecule has 1 aliphatic heterocycles. The van der Waals surface area contributed by atoms with E-state index >= 15 is 0 Å². The zero-order chi connectivity index (χ0) is 13.9. The van der Waals surface area contributed by atoms with Crippen LogP contribution in [0.3, 0.4) is 0 Å². The van der Waals surface area contributed by atoms with Gasteiger partial charge in [0.2, 0.25) is 0 Å². The summed E-state index contributed by atoms with van der Waals surface area (Å²) in [7, 11) is -3.42. The Hall–Kier alpha value is -1.44. The van der Waals surface area contributed by atoms with Gasteiger partial charge in [-0.05, 0) is 30.5 Å². The molecule has 0 spiro atoms. The van der Waals surface area contributed by atoms with Crippen molar-refractivity contribution in [3.63, 3.8) is 0 Å². The Morgan fingerprint density at radius 3 is 2.32 bits per heavy atom. The highest BCUT2D eigenvalue weighted by Crippen LogP contribution is 2.12. The Morgan fingerprint density at radius 2 is 1.79 bits per heavy atom. The van der Waals surface area contributed by atoms with Crippen LogP contribution in [0.2, 0.25) is 0 Å². The van der Waals surface area contributed by atoms with Gasteiger partial charge < -0.3 is 5.11 Å². The SMILES string of the molecule is O=C(O)c1ccc(CNS(=O)(=O)N2CCCC2)cc1. The highest BCUT2D eigenvalue weighted by molar-refractivity contribution is 7.87. The summed E-state index contributed by atoms with van der Waals surface area (Å²) in [6.07, 6.45) is 1.79. The lowest BCUT2D eigenvalue weighted by Crippen LogP contribution is -2.38. The zero-order valence-electron chi connectivity index (χ0n) is 10.4. The van der Waals surface area contributed by atoms with Gasteiger partial charge in [0.15, 0.2) is 0 Å². The smallest absolute Gasteiger partial charge is 0.335 e. The van der Waals surface area contributed by atoms with Gasteiger partial charge in [0, 0.05) is 19.6 Å². The minimum Gasteiger partial charge on any atom is -0.478 e. The number of carbonyl (C=O) groups is 1. The summed E-state index contributed by atoms with van der Waals surface area (Å²) in [5.41, 5.74) is 0.916. The maximum atomic E-state index is 11.9. The van der Waals surface area contributed by atoms with E-state index in [1.165, 1.54) is 16.4 Å². The summed E-state index contributed by atoms with van der Waals surface area (Å²) in [4.78, 5) is 10.7. The molecule has 0 saturated carbocycles. The molecule has 1 fully saturated rings. The van der Waals surface area contributed by atoms with Gasteiger partial charge in [-0.3, -0.25) is 0 Å². The van der Waals surface area contributed by atoms with Crippen molar-refractivity contribution in [2.75, 3.05) is 13.1 Å². The van der Waals surface area contributed by atoms with E-state index in [0.717, 1.165) is 18.4 Å². The fraction of sp³-hybridized carbons (Fsp3) is 0.417. The highest BCUT2D eigenvalue weighted by atomic mass is 32.2. The summed E-state index contributed by atoms with van der Waals surface area (Å²) < 4.78 is 27.7. The number of carboxylic acids is 1. The normalized spacial score (nSPS) is 16.6. The quantitative estimate of drug-likeness (QED) is 0.838. The third-order valence-electron chi connectivity index (χ3n) is 3.06. The molecule has 104 valence electrons. The van der Waals surface area contributed by atoms with Crippen molar-refractivity contribution in [3.8, 4) is 0 Å². The number of carboxylic acid groups (broad SMARTS) is 1. The number of benzene rings is 1. The summed E-state index contributed by atoms with van der Waals surface area (Å²) >= 11 is 0. The van der Waals surface area contributed by atoms with Crippen molar-refractivity contribution >= 4 is 16.2 Å². The van der Waals surface area contributed by atoms with Gasteiger partial charge in [0.25, 0.3) is 10.2 Å². The third-order valence-corrected chi connectivity index (χ3v) is 4.62. The zero-order valence-corrected chi connectivity index (χ0v) is 11.2. The van der Waals surface area contributed by atoms with Crippen molar-refractivity contribution in [1.29, 1.82) is 0 Å². The molecule has 1 saturated heterocycles. The molecule has 2 N–H and O–H groups in total. The Labute approximate surface area is 112 Å². The molecule has 0 amide bonds. The van der Waals surface area contributed by atoms with E-state index in [9.17, 15) is 13.2 Å². The molecular weight excluding hydrogens is 268 g/mol. The van der Waals surface area contributed by atoms with E-state index in [0.29, 0.717) is 13.1 Å². The monoisotopic (exact) mass is 284 g/mol. The Balaban J connectivity index is 1.96. The maximum absolute atomic E-state index is 11.9. The standard InChI is InChI=1S/C12H16N2O4S/c15-12(16)11-5-3-10(4-6-11)9-13-19(17,18)14-7-1-2-8-14/h3-6,13H,1-2,7-9H2,(H,15,16). The van der Waals surface area contributed by atoms with Crippen LogP contribution in [-0.4, -0.2) is 36.9 Å². The number of nitrogens with one attached hydrogen (secondary N) is 1. The molecule has 0 unspecified atom stereocenters. The fourth-order valence-electron chi connectivity index (χ4n) is 1.96. The number of rotatable bonds is 5. The Morgan fingerprint density at radius 1 is 1.21 bits per heavy atom. The fourth-order valence-corrected chi connectivity index (χ4v) is 3.23.